The van der Waals surface area contributed by atoms with Gasteiger partial charge in [0.1, 0.15) is 5.78 Å². The summed E-state index contributed by atoms with van der Waals surface area (Å²) in [6.45, 7) is 3.37. The number of hydrogen-bond acceptors (Lipinski definition) is 6. The van der Waals surface area contributed by atoms with Crippen LogP contribution < -0.4 is 0 Å². The van der Waals surface area contributed by atoms with E-state index in [0.29, 0.717) is 26.2 Å². The lowest BCUT2D eigenvalue weighted by Crippen LogP contribution is -2.33. The summed E-state index contributed by atoms with van der Waals surface area (Å²) in [4.78, 5) is 12.6. The van der Waals surface area contributed by atoms with Gasteiger partial charge in [0.25, 0.3) is 0 Å². The molecule has 120 valence electrons. The summed E-state index contributed by atoms with van der Waals surface area (Å²) in [5, 5.41) is 0. The third kappa shape index (κ3) is 10.3. The number of sulfonamides is 1. The Morgan fingerprint density at radius 2 is 1.60 bits per heavy atom. The molecule has 0 aromatic heterocycles. The fourth-order valence-electron chi connectivity index (χ4n) is 1.15. The highest BCUT2D eigenvalue weighted by molar-refractivity contribution is 7.88. The molecule has 0 saturated carbocycles. The number of ketones is 1. The van der Waals surface area contributed by atoms with Crippen LogP contribution in [0.3, 0.4) is 0 Å². The van der Waals surface area contributed by atoms with Gasteiger partial charge in [-0.1, -0.05) is 0 Å². The SMILES string of the molecule is CC(=O)CCOCCN(C)S(=O)(=O)COCCN(C)C. The van der Waals surface area contributed by atoms with Crippen molar-refractivity contribution in [1.82, 2.24) is 9.21 Å². The molecule has 0 atom stereocenters. The van der Waals surface area contributed by atoms with Gasteiger partial charge in [-0.05, 0) is 21.0 Å². The van der Waals surface area contributed by atoms with Gasteiger partial charge in [-0.3, -0.25) is 4.79 Å². The van der Waals surface area contributed by atoms with Gasteiger partial charge in [0.15, 0.2) is 5.94 Å². The molecule has 0 N–H and O–H groups in total. The van der Waals surface area contributed by atoms with E-state index >= 15 is 0 Å². The van der Waals surface area contributed by atoms with Crippen molar-refractivity contribution in [2.45, 2.75) is 13.3 Å². The van der Waals surface area contributed by atoms with Gasteiger partial charge >= 0.3 is 0 Å². The lowest BCUT2D eigenvalue weighted by molar-refractivity contribution is -0.118. The molecule has 0 spiro atoms. The Labute approximate surface area is 121 Å². The van der Waals surface area contributed by atoms with Crippen molar-refractivity contribution in [3.8, 4) is 0 Å². The largest absolute Gasteiger partial charge is 0.380 e. The second-order valence-electron chi connectivity index (χ2n) is 4.83. The zero-order valence-electron chi connectivity index (χ0n) is 12.8. The van der Waals surface area contributed by atoms with Crippen LogP contribution in [0.15, 0.2) is 0 Å². The predicted molar refractivity (Wildman–Crippen MR) is 77.0 cm³/mol. The van der Waals surface area contributed by atoms with Gasteiger partial charge in [0.2, 0.25) is 10.0 Å². The normalized spacial score (nSPS) is 12.3. The molecule has 0 aromatic rings. The zero-order chi connectivity index (χ0) is 15.6. The molecule has 20 heavy (non-hydrogen) atoms. The highest BCUT2D eigenvalue weighted by Gasteiger charge is 2.17. The molecule has 0 radical (unpaired) electrons. The number of ether oxygens (including phenoxy) is 2. The number of carbonyl (C=O) groups is 1. The Hall–Kier alpha value is -0.540. The third-order valence-electron chi connectivity index (χ3n) is 2.54. The van der Waals surface area contributed by atoms with Crippen LogP contribution in [0.1, 0.15) is 13.3 Å². The Morgan fingerprint density at radius 1 is 1.00 bits per heavy atom. The van der Waals surface area contributed by atoms with E-state index in [1.165, 1.54) is 18.3 Å². The van der Waals surface area contributed by atoms with Crippen LogP contribution in [0.2, 0.25) is 0 Å². The maximum atomic E-state index is 11.8. The van der Waals surface area contributed by atoms with Crippen LogP contribution in [0.5, 0.6) is 0 Å². The summed E-state index contributed by atoms with van der Waals surface area (Å²) >= 11 is 0. The second kappa shape index (κ2) is 10.2. The Balaban J connectivity index is 3.82. The Morgan fingerprint density at radius 3 is 2.15 bits per heavy atom. The lowest BCUT2D eigenvalue weighted by atomic mass is 10.3. The van der Waals surface area contributed by atoms with E-state index in [0.717, 1.165) is 0 Å². The third-order valence-corrected chi connectivity index (χ3v) is 4.14. The summed E-state index contributed by atoms with van der Waals surface area (Å²) < 4.78 is 35.2. The van der Waals surface area contributed by atoms with Crippen molar-refractivity contribution >= 4 is 15.8 Å². The molecule has 0 amide bonds. The number of nitrogens with zero attached hydrogens (tertiary/aromatic N) is 2. The maximum Gasteiger partial charge on any atom is 0.238 e. The van der Waals surface area contributed by atoms with Gasteiger partial charge in [0, 0.05) is 26.6 Å². The summed E-state index contributed by atoms with van der Waals surface area (Å²) in [7, 11) is 1.85. The molecular formula is C12H26N2O5S. The van der Waals surface area contributed by atoms with Crippen molar-refractivity contribution in [3.63, 3.8) is 0 Å². The minimum absolute atomic E-state index is 0.0558. The molecule has 0 aliphatic rings. The first kappa shape index (κ1) is 19.5. The fraction of sp³-hybridized carbons (Fsp3) is 0.917. The number of carbonyl (C=O) groups excluding carboxylic acids is 1. The molecule has 0 saturated heterocycles. The number of hydrogen-bond donors (Lipinski definition) is 0. The molecule has 0 fully saturated rings. The first-order valence-corrected chi connectivity index (χ1v) is 8.10. The Kier molecular flexibility index (Phi) is 9.95. The highest BCUT2D eigenvalue weighted by Crippen LogP contribution is 1.99. The smallest absolute Gasteiger partial charge is 0.238 e. The van der Waals surface area contributed by atoms with Crippen LogP contribution in [0.4, 0.5) is 0 Å². The summed E-state index contributed by atoms with van der Waals surface area (Å²) in [6, 6.07) is 0. The van der Waals surface area contributed by atoms with Gasteiger partial charge in [-0.15, -0.1) is 0 Å². The first-order valence-electron chi connectivity index (χ1n) is 6.49. The molecule has 0 unspecified atom stereocenters. The summed E-state index contributed by atoms with van der Waals surface area (Å²) in [5.74, 6) is -0.273. The number of likely N-dealkylation sites (N-methyl/N-ethyl adjacent to an activating group) is 2. The molecule has 0 heterocycles. The lowest BCUT2D eigenvalue weighted by Gasteiger charge is -2.17. The first-order chi connectivity index (χ1) is 9.25. The standard InChI is InChI=1S/C12H26N2O5S/c1-12(15)5-8-18-10-7-14(4)20(16,17)11-19-9-6-13(2)3/h5-11H2,1-4H3. The van der Waals surface area contributed by atoms with Crippen molar-refractivity contribution < 1.29 is 22.7 Å². The van der Waals surface area contributed by atoms with E-state index in [-0.39, 0.29) is 24.9 Å². The summed E-state index contributed by atoms with van der Waals surface area (Å²) in [5.41, 5.74) is 0. The van der Waals surface area contributed by atoms with Crippen LogP contribution in [0.25, 0.3) is 0 Å². The predicted octanol–water partition coefficient (Wildman–Crippen LogP) is -0.221. The van der Waals surface area contributed by atoms with Crippen molar-refractivity contribution in [1.29, 1.82) is 0 Å². The van der Waals surface area contributed by atoms with Crippen LogP contribution in [-0.2, 0) is 24.3 Å². The average molecular weight is 310 g/mol. The van der Waals surface area contributed by atoms with Gasteiger partial charge in [-0.25, -0.2) is 12.7 Å². The molecule has 0 aliphatic carbocycles. The van der Waals surface area contributed by atoms with E-state index < -0.39 is 10.0 Å². The van der Waals surface area contributed by atoms with E-state index in [4.69, 9.17) is 9.47 Å². The van der Waals surface area contributed by atoms with Crippen LogP contribution in [0, 0.1) is 0 Å². The molecule has 0 rings (SSSR count). The second-order valence-corrected chi connectivity index (χ2v) is 6.85. The highest BCUT2D eigenvalue weighted by atomic mass is 32.2. The van der Waals surface area contributed by atoms with E-state index in [9.17, 15) is 13.2 Å². The van der Waals surface area contributed by atoms with Crippen molar-refractivity contribution in [2.24, 2.45) is 0 Å². The molecule has 0 aliphatic heterocycles. The van der Waals surface area contributed by atoms with Crippen LogP contribution >= 0.6 is 0 Å². The zero-order valence-corrected chi connectivity index (χ0v) is 13.6. The molecule has 0 aromatic carbocycles. The van der Waals surface area contributed by atoms with Gasteiger partial charge < -0.3 is 14.4 Å². The number of Topliss-reactive ketones (excluding diaryl/α,β-unsaturated/α-hetero) is 1. The summed E-state index contributed by atoms with van der Waals surface area (Å²) in [6.07, 6.45) is 0.351. The molecule has 0 bridgehead atoms. The van der Waals surface area contributed by atoms with E-state index in [2.05, 4.69) is 0 Å². The van der Waals surface area contributed by atoms with E-state index in [1.807, 2.05) is 19.0 Å². The van der Waals surface area contributed by atoms with Crippen molar-refractivity contribution in [2.75, 3.05) is 60.0 Å². The molecule has 8 heteroatoms. The minimum atomic E-state index is -3.42. The van der Waals surface area contributed by atoms with Crippen LogP contribution in [-0.4, -0.2) is 83.4 Å². The van der Waals surface area contributed by atoms with Gasteiger partial charge in [-0.2, -0.15) is 0 Å². The molecule has 7 nitrogen and oxygen atoms in total. The monoisotopic (exact) mass is 310 g/mol. The average Bonchev–Trinajstić information content (AvgIpc) is 2.33. The Bertz CT molecular complexity index is 370. The van der Waals surface area contributed by atoms with Gasteiger partial charge in [0.05, 0.1) is 19.8 Å². The maximum absolute atomic E-state index is 11.8. The van der Waals surface area contributed by atoms with Crippen molar-refractivity contribution in [3.05, 3.63) is 0 Å². The quantitative estimate of drug-likeness (QED) is 0.464. The topological polar surface area (TPSA) is 76.1 Å². The fourth-order valence-corrected chi connectivity index (χ4v) is 2.01. The van der Waals surface area contributed by atoms with E-state index in [1.54, 1.807) is 0 Å². The molecular weight excluding hydrogens is 284 g/mol. The number of rotatable bonds is 12. The minimum Gasteiger partial charge on any atom is -0.380 e.